The quantitative estimate of drug-likeness (QED) is 0.247. The van der Waals surface area contributed by atoms with Crippen LogP contribution < -0.4 is 21.2 Å². The summed E-state index contributed by atoms with van der Waals surface area (Å²) in [6.45, 7) is 15.1. The number of halogens is 2. The van der Waals surface area contributed by atoms with E-state index < -0.39 is 12.4 Å². The molecule has 0 unspecified atom stereocenters. The molecule has 3 aliphatic rings. The van der Waals surface area contributed by atoms with E-state index >= 15 is 0 Å². The van der Waals surface area contributed by atoms with Gasteiger partial charge in [-0.3, -0.25) is 9.34 Å². The van der Waals surface area contributed by atoms with E-state index in [9.17, 15) is 0 Å². The molecule has 7 rings (SSSR count). The van der Waals surface area contributed by atoms with Crippen LogP contribution in [0.5, 0.6) is 0 Å². The first-order valence-electron chi connectivity index (χ1n) is 14.9. The molecule has 0 N–H and O–H groups in total. The van der Waals surface area contributed by atoms with Gasteiger partial charge < -0.3 is 18.6 Å². The van der Waals surface area contributed by atoms with Crippen LogP contribution in [0.4, 0.5) is 0 Å². The number of morpholine rings is 2. The molecule has 3 aliphatic heterocycles. The molecule has 12 heteroatoms. The van der Waals surface area contributed by atoms with E-state index in [1.54, 1.807) is 0 Å². The Morgan fingerprint density at radius 2 is 0.795 bits per heavy atom. The lowest BCUT2D eigenvalue weighted by atomic mass is 10.3. The fourth-order valence-electron chi connectivity index (χ4n) is 7.48. The van der Waals surface area contributed by atoms with Crippen LogP contribution in [-0.4, -0.2) is 71.1 Å². The highest BCUT2D eigenvalue weighted by Crippen LogP contribution is 2.62. The highest BCUT2D eigenvalue weighted by atomic mass is 79.9. The van der Waals surface area contributed by atoms with Gasteiger partial charge in [-0.1, -0.05) is 55.5 Å². The number of rotatable bonds is 4. The largest absolute Gasteiger partial charge is 0.379 e. The first-order chi connectivity index (χ1) is 21.1. The molecule has 2 saturated heterocycles. The molecular formula is C32H36Br2N4O2P2S2. The van der Waals surface area contributed by atoms with Crippen LogP contribution in [0.15, 0.2) is 57.5 Å². The van der Waals surface area contributed by atoms with Gasteiger partial charge in [0.25, 0.3) is 0 Å². The third-order valence-corrected chi connectivity index (χ3v) is 21.3. The van der Waals surface area contributed by atoms with Gasteiger partial charge in [-0.2, -0.15) is 0 Å². The van der Waals surface area contributed by atoms with Crippen LogP contribution in [0.1, 0.15) is 22.8 Å². The number of hydrogen-bond acceptors (Lipinski definition) is 4. The normalized spacial score (nSPS) is 24.3. The van der Waals surface area contributed by atoms with Crippen molar-refractivity contribution in [3.8, 4) is 11.4 Å². The van der Waals surface area contributed by atoms with Gasteiger partial charge in [0, 0.05) is 90.5 Å². The number of fused-ring (bicyclic) bond motifs is 2. The third kappa shape index (κ3) is 4.66. The van der Waals surface area contributed by atoms with Gasteiger partial charge in [0.2, 0.25) is 0 Å². The van der Waals surface area contributed by atoms with Gasteiger partial charge in [-0.25, -0.2) is 0 Å². The van der Waals surface area contributed by atoms with E-state index in [1.165, 1.54) is 44.0 Å². The molecule has 0 bridgehead atoms. The summed E-state index contributed by atoms with van der Waals surface area (Å²) in [5, 5.41) is 5.25. The Morgan fingerprint density at radius 3 is 1.07 bits per heavy atom. The minimum absolute atomic E-state index is 0.692. The number of aromatic nitrogens is 2. The molecule has 6 nitrogen and oxygen atoms in total. The summed E-state index contributed by atoms with van der Waals surface area (Å²) in [4.78, 5) is 0. The summed E-state index contributed by atoms with van der Waals surface area (Å²) in [5.74, 6) is 0. The molecule has 0 amide bonds. The lowest BCUT2D eigenvalue weighted by Crippen LogP contribution is -2.54. The van der Waals surface area contributed by atoms with Crippen LogP contribution in [0.3, 0.4) is 0 Å². The Labute approximate surface area is 287 Å². The third-order valence-electron chi connectivity index (χ3n) is 9.31. The number of hydrogen-bond donors (Lipinski definition) is 0. The minimum Gasteiger partial charge on any atom is -0.379 e. The Hall–Kier alpha value is -0.900. The predicted molar refractivity (Wildman–Crippen MR) is 198 cm³/mol. The molecule has 0 radical (unpaired) electrons. The van der Waals surface area contributed by atoms with Gasteiger partial charge in [-0.05, 0) is 76.2 Å². The van der Waals surface area contributed by atoms with Crippen LogP contribution in [0.2, 0.25) is 0 Å². The first-order valence-corrected chi connectivity index (χ1v) is 22.0. The molecule has 2 fully saturated rings. The number of benzene rings is 2. The van der Waals surface area contributed by atoms with Crippen molar-refractivity contribution in [3.63, 3.8) is 0 Å². The Kier molecular flexibility index (Phi) is 8.62. The van der Waals surface area contributed by atoms with Gasteiger partial charge >= 0.3 is 0 Å². The standard InChI is InChI=1S/C32H36Br2N4O2P2S2/c1-21-29-30(22(2)37(21)27-9-5-25(33)6-10-27)42(44,36-15-19-40-20-16-36)32-24(4)38(28-11-7-26(34)8-12-28)23(3)31(32)41(29,43)35-13-17-39-18-14-35/h5-12H,13-20H2,1-4H3. The molecule has 0 aliphatic carbocycles. The second kappa shape index (κ2) is 12.0. The van der Waals surface area contributed by atoms with Crippen molar-refractivity contribution in [2.75, 3.05) is 52.6 Å². The summed E-state index contributed by atoms with van der Waals surface area (Å²) in [6, 6.07) is 17.2. The smallest absolute Gasteiger partial charge is 0.0761 e. The zero-order valence-electron chi connectivity index (χ0n) is 25.3. The van der Waals surface area contributed by atoms with Gasteiger partial charge in [-0.15, -0.1) is 0 Å². The fourth-order valence-corrected chi connectivity index (χ4v) is 21.2. The molecule has 44 heavy (non-hydrogen) atoms. The Bertz CT molecular complexity index is 1660. The summed E-state index contributed by atoms with van der Waals surface area (Å²) in [7, 11) is 0. The van der Waals surface area contributed by atoms with E-state index in [4.69, 9.17) is 33.1 Å². The maximum Gasteiger partial charge on any atom is 0.0761 e. The molecule has 2 aromatic heterocycles. The second-order valence-corrected chi connectivity index (χ2v) is 21.9. The lowest BCUT2D eigenvalue weighted by molar-refractivity contribution is 0.0751. The van der Waals surface area contributed by atoms with Crippen LogP contribution >= 0.6 is 44.2 Å². The average molecular weight is 795 g/mol. The van der Waals surface area contributed by atoms with Crippen molar-refractivity contribution in [2.24, 2.45) is 0 Å². The average Bonchev–Trinajstić information content (AvgIpc) is 3.47. The lowest BCUT2D eigenvalue weighted by Gasteiger charge is -2.47. The molecule has 0 atom stereocenters. The van der Waals surface area contributed by atoms with Crippen LogP contribution in [0, 0.1) is 27.7 Å². The molecular weight excluding hydrogens is 758 g/mol. The SMILES string of the molecule is Cc1c2c(c(C)n1-c1ccc(Br)cc1)P(=S)(N1CCOCC1)c1c(c(C)n(-c3ccc(Br)cc3)c1C)P2(=S)N1CCOCC1. The molecule has 232 valence electrons. The van der Waals surface area contributed by atoms with Gasteiger partial charge in [0.05, 0.1) is 38.8 Å². The zero-order valence-corrected chi connectivity index (χ0v) is 31.9. The molecule has 2 aromatic carbocycles. The number of nitrogens with zero attached hydrogens (tertiary/aromatic N) is 4. The van der Waals surface area contributed by atoms with Crippen LogP contribution in [0.25, 0.3) is 11.4 Å². The van der Waals surface area contributed by atoms with E-state index in [1.807, 2.05) is 0 Å². The maximum absolute atomic E-state index is 7.22. The Morgan fingerprint density at radius 1 is 0.523 bits per heavy atom. The van der Waals surface area contributed by atoms with Crippen molar-refractivity contribution in [2.45, 2.75) is 27.7 Å². The van der Waals surface area contributed by atoms with Crippen molar-refractivity contribution >= 4 is 89.1 Å². The van der Waals surface area contributed by atoms with Crippen molar-refractivity contribution < 1.29 is 9.47 Å². The van der Waals surface area contributed by atoms with E-state index in [-0.39, 0.29) is 0 Å². The van der Waals surface area contributed by atoms with Crippen molar-refractivity contribution in [3.05, 3.63) is 80.3 Å². The summed E-state index contributed by atoms with van der Waals surface area (Å²) in [6.07, 6.45) is -5.04. The van der Waals surface area contributed by atoms with Gasteiger partial charge in [0.1, 0.15) is 0 Å². The summed E-state index contributed by atoms with van der Waals surface area (Å²) >= 11 is 21.7. The van der Waals surface area contributed by atoms with E-state index in [0.29, 0.717) is 26.4 Å². The first kappa shape index (κ1) is 31.7. The topological polar surface area (TPSA) is 34.8 Å². The van der Waals surface area contributed by atoms with Crippen molar-refractivity contribution in [1.29, 1.82) is 0 Å². The molecule has 4 aromatic rings. The zero-order chi connectivity index (χ0) is 31.0. The highest BCUT2D eigenvalue weighted by Gasteiger charge is 2.53. The molecule has 0 spiro atoms. The Balaban J connectivity index is 1.62. The minimum atomic E-state index is -2.52. The monoisotopic (exact) mass is 792 g/mol. The highest BCUT2D eigenvalue weighted by molar-refractivity contribution is 9.10. The predicted octanol–water partition coefficient (Wildman–Crippen LogP) is 5.70. The van der Waals surface area contributed by atoms with Crippen molar-refractivity contribution in [1.82, 2.24) is 18.5 Å². The summed E-state index contributed by atoms with van der Waals surface area (Å²) in [5.41, 5.74) is 7.16. The van der Waals surface area contributed by atoms with Crippen LogP contribution in [-0.2, 0) is 33.1 Å². The second-order valence-electron chi connectivity index (χ2n) is 11.6. The van der Waals surface area contributed by atoms with E-state index in [2.05, 4.69) is 127 Å². The fraction of sp³-hybridized carbons (Fsp3) is 0.375. The van der Waals surface area contributed by atoms with Gasteiger partial charge in [0.15, 0.2) is 0 Å². The maximum atomic E-state index is 7.22. The number of ether oxygens (including phenoxy) is 2. The summed E-state index contributed by atoms with van der Waals surface area (Å²) < 4.78 is 24.0. The molecule has 0 saturated carbocycles. The molecule has 5 heterocycles. The van der Waals surface area contributed by atoms with E-state index in [0.717, 1.165) is 46.5 Å².